The Morgan fingerprint density at radius 3 is 2.30 bits per heavy atom. The Kier molecular flexibility index (Phi) is 11.2. The molecule has 1 aliphatic rings. The van der Waals surface area contributed by atoms with Crippen LogP contribution in [0.4, 0.5) is 0 Å². The molecule has 0 unspecified atom stereocenters. The van der Waals surface area contributed by atoms with Gasteiger partial charge in [0, 0.05) is 26.7 Å². The number of rotatable bonds is 6. The van der Waals surface area contributed by atoms with E-state index in [1.165, 1.54) is 55.1 Å². The fourth-order valence-electron chi connectivity index (χ4n) is 3.48. The predicted molar refractivity (Wildman–Crippen MR) is 124 cm³/mol. The van der Waals surface area contributed by atoms with Crippen molar-refractivity contribution in [3.8, 4) is 0 Å². The van der Waals surface area contributed by atoms with Gasteiger partial charge in [0.05, 0.1) is 12.2 Å². The topological polar surface area (TPSA) is 139 Å². The lowest BCUT2D eigenvalue weighted by molar-refractivity contribution is -0.150. The Bertz CT molecular complexity index is 764. The van der Waals surface area contributed by atoms with E-state index >= 15 is 0 Å². The van der Waals surface area contributed by atoms with E-state index in [-0.39, 0.29) is 24.2 Å². The van der Waals surface area contributed by atoms with E-state index in [0.29, 0.717) is 13.0 Å². The van der Waals surface area contributed by atoms with Crippen molar-refractivity contribution < 1.29 is 29.4 Å². The number of nitrogens with zero attached hydrogens (tertiary/aromatic N) is 2. The summed E-state index contributed by atoms with van der Waals surface area (Å²) in [6, 6.07) is -2.35. The highest BCUT2D eigenvalue weighted by Crippen LogP contribution is 2.17. The first kappa shape index (κ1) is 28.3. The van der Waals surface area contributed by atoms with E-state index < -0.39 is 42.1 Å². The molecule has 1 saturated heterocycles. The summed E-state index contributed by atoms with van der Waals surface area (Å²) in [5.74, 6) is -1.76. The van der Waals surface area contributed by atoms with Crippen LogP contribution >= 0.6 is 0 Å². The van der Waals surface area contributed by atoms with Gasteiger partial charge in [-0.3, -0.25) is 19.2 Å². The van der Waals surface area contributed by atoms with E-state index in [1.807, 2.05) is 13.8 Å². The SMILES string of the molecule is CC(C)[C@H]1C(=O)N(C)[C@@H](C)C(=O)NCCC[C@H](NC(=O)/C=C/C=C/[C@@H](O)[C@@H](C)O)C(=O)N1C. The van der Waals surface area contributed by atoms with Gasteiger partial charge in [-0.15, -0.1) is 0 Å². The van der Waals surface area contributed by atoms with Gasteiger partial charge in [0.15, 0.2) is 0 Å². The minimum atomic E-state index is -1.05. The summed E-state index contributed by atoms with van der Waals surface area (Å²) in [6.45, 7) is 7.02. The number of carbonyl (C=O) groups excluding carboxylic acids is 4. The van der Waals surface area contributed by atoms with Gasteiger partial charge >= 0.3 is 0 Å². The highest BCUT2D eigenvalue weighted by atomic mass is 16.3. The van der Waals surface area contributed by atoms with Gasteiger partial charge in [0.2, 0.25) is 23.6 Å². The molecule has 4 amide bonds. The summed E-state index contributed by atoms with van der Waals surface area (Å²) in [7, 11) is 3.07. The first-order valence-corrected chi connectivity index (χ1v) is 11.2. The van der Waals surface area contributed by atoms with E-state index in [9.17, 15) is 29.4 Å². The molecule has 0 aromatic heterocycles. The maximum atomic E-state index is 13.3. The van der Waals surface area contributed by atoms with Crippen LogP contribution in [-0.4, -0.2) is 94.6 Å². The van der Waals surface area contributed by atoms with Gasteiger partial charge in [0.1, 0.15) is 18.1 Å². The van der Waals surface area contributed by atoms with Gasteiger partial charge in [-0.05, 0) is 32.6 Å². The molecule has 1 rings (SSSR count). The zero-order valence-electron chi connectivity index (χ0n) is 20.3. The second-order valence-corrected chi connectivity index (χ2v) is 8.73. The molecule has 0 aromatic carbocycles. The highest BCUT2D eigenvalue weighted by Gasteiger charge is 2.37. The summed E-state index contributed by atoms with van der Waals surface area (Å²) in [5, 5.41) is 24.2. The molecule has 4 N–H and O–H groups in total. The highest BCUT2D eigenvalue weighted by molar-refractivity contribution is 5.96. The molecule has 186 valence electrons. The van der Waals surface area contributed by atoms with E-state index in [4.69, 9.17) is 0 Å². The van der Waals surface area contributed by atoms with Crippen molar-refractivity contribution in [3.63, 3.8) is 0 Å². The van der Waals surface area contributed by atoms with Crippen LogP contribution in [0.5, 0.6) is 0 Å². The fourth-order valence-corrected chi connectivity index (χ4v) is 3.48. The van der Waals surface area contributed by atoms with E-state index in [2.05, 4.69) is 10.6 Å². The third kappa shape index (κ3) is 8.29. The molecule has 0 aliphatic carbocycles. The number of hydrogen-bond acceptors (Lipinski definition) is 6. The zero-order chi connectivity index (χ0) is 25.3. The van der Waals surface area contributed by atoms with Crippen LogP contribution in [0.1, 0.15) is 40.5 Å². The molecule has 0 aromatic rings. The number of likely N-dealkylation sites (N-methyl/N-ethyl adjacent to an activating group) is 2. The summed E-state index contributed by atoms with van der Waals surface area (Å²) in [4.78, 5) is 53.9. The average Bonchev–Trinajstić information content (AvgIpc) is 2.75. The molecule has 0 spiro atoms. The number of amides is 4. The number of carbonyl (C=O) groups is 4. The molecule has 5 atom stereocenters. The standard InChI is InChI=1S/C23H38N4O6/c1-14(2)20-23(33)26(5)15(3)21(31)24-13-9-10-17(22(32)27(20)6)25-19(30)12-8-7-11-18(29)16(4)28/h7-8,11-12,14-18,20,28-29H,9-10,13H2,1-6H3,(H,24,31)(H,25,30)/b11-7+,12-8+/t15-,16+,17-,18+,20-/m0/s1. The molecule has 33 heavy (non-hydrogen) atoms. The minimum Gasteiger partial charge on any atom is -0.390 e. The van der Waals surface area contributed by atoms with Gasteiger partial charge in [-0.2, -0.15) is 0 Å². The maximum Gasteiger partial charge on any atom is 0.246 e. The summed E-state index contributed by atoms with van der Waals surface area (Å²) < 4.78 is 0. The Morgan fingerprint density at radius 1 is 1.09 bits per heavy atom. The largest absolute Gasteiger partial charge is 0.390 e. The van der Waals surface area contributed by atoms with Gasteiger partial charge in [-0.1, -0.05) is 32.1 Å². The summed E-state index contributed by atoms with van der Waals surface area (Å²) in [5.41, 5.74) is 0. The van der Waals surface area contributed by atoms with Gasteiger partial charge in [-0.25, -0.2) is 0 Å². The van der Waals surface area contributed by atoms with Crippen molar-refractivity contribution in [1.29, 1.82) is 0 Å². The molecular formula is C23H38N4O6. The number of nitrogens with one attached hydrogen (secondary N) is 2. The molecule has 1 fully saturated rings. The lowest BCUT2D eigenvalue weighted by Gasteiger charge is -2.37. The molecular weight excluding hydrogens is 428 g/mol. The number of aliphatic hydroxyl groups excluding tert-OH is 2. The average molecular weight is 467 g/mol. The molecule has 0 saturated carbocycles. The zero-order valence-corrected chi connectivity index (χ0v) is 20.3. The van der Waals surface area contributed by atoms with Crippen molar-refractivity contribution in [1.82, 2.24) is 20.4 Å². The Labute approximate surface area is 195 Å². The van der Waals surface area contributed by atoms with Crippen LogP contribution in [0.2, 0.25) is 0 Å². The van der Waals surface area contributed by atoms with Crippen LogP contribution in [0.3, 0.4) is 0 Å². The van der Waals surface area contributed by atoms with E-state index in [0.717, 1.165) is 0 Å². The molecule has 10 nitrogen and oxygen atoms in total. The molecule has 0 bridgehead atoms. The minimum absolute atomic E-state index is 0.214. The van der Waals surface area contributed by atoms with Crippen molar-refractivity contribution >= 4 is 23.6 Å². The molecule has 1 heterocycles. The lowest BCUT2D eigenvalue weighted by atomic mass is 9.98. The van der Waals surface area contributed by atoms with Crippen molar-refractivity contribution in [2.24, 2.45) is 5.92 Å². The predicted octanol–water partition coefficient (Wildman–Crippen LogP) is -0.435. The molecule has 10 heteroatoms. The number of hydrogen-bond donors (Lipinski definition) is 4. The van der Waals surface area contributed by atoms with Gasteiger partial charge < -0.3 is 30.6 Å². The Hall–Kier alpha value is -2.72. The maximum absolute atomic E-state index is 13.3. The smallest absolute Gasteiger partial charge is 0.246 e. The van der Waals surface area contributed by atoms with Crippen molar-refractivity contribution in [2.45, 2.75) is 70.9 Å². The van der Waals surface area contributed by atoms with Crippen molar-refractivity contribution in [3.05, 3.63) is 24.3 Å². The Morgan fingerprint density at radius 2 is 1.73 bits per heavy atom. The third-order valence-corrected chi connectivity index (χ3v) is 5.70. The summed E-state index contributed by atoms with van der Waals surface area (Å²) in [6.07, 6.45) is 4.10. The number of aliphatic hydroxyl groups is 2. The normalized spacial score (nSPS) is 25.7. The third-order valence-electron chi connectivity index (χ3n) is 5.70. The van der Waals surface area contributed by atoms with Crippen LogP contribution in [0.25, 0.3) is 0 Å². The van der Waals surface area contributed by atoms with Gasteiger partial charge in [0.25, 0.3) is 0 Å². The monoisotopic (exact) mass is 466 g/mol. The first-order chi connectivity index (χ1) is 15.4. The second kappa shape index (κ2) is 13.1. The van der Waals surface area contributed by atoms with Crippen LogP contribution < -0.4 is 10.6 Å². The fraction of sp³-hybridized carbons (Fsp3) is 0.652. The first-order valence-electron chi connectivity index (χ1n) is 11.2. The number of allylic oxidation sites excluding steroid dienone is 2. The Balaban J connectivity index is 3.06. The van der Waals surface area contributed by atoms with E-state index in [1.54, 1.807) is 6.92 Å². The molecule has 1 aliphatic heterocycles. The second-order valence-electron chi connectivity index (χ2n) is 8.73. The van der Waals surface area contributed by atoms with Crippen molar-refractivity contribution in [2.75, 3.05) is 20.6 Å². The van der Waals surface area contributed by atoms with Crippen LogP contribution in [-0.2, 0) is 19.2 Å². The van der Waals surface area contributed by atoms with Crippen LogP contribution in [0, 0.1) is 5.92 Å². The van der Waals surface area contributed by atoms with Crippen LogP contribution in [0.15, 0.2) is 24.3 Å². The molecule has 0 radical (unpaired) electrons. The lowest BCUT2D eigenvalue weighted by Crippen LogP contribution is -2.59. The summed E-state index contributed by atoms with van der Waals surface area (Å²) >= 11 is 0. The quantitative estimate of drug-likeness (QED) is 0.309.